The van der Waals surface area contributed by atoms with Crippen LogP contribution in [0.5, 0.6) is 0 Å². The van der Waals surface area contributed by atoms with Crippen LogP contribution in [-0.2, 0) is 40.6 Å². The van der Waals surface area contributed by atoms with Crippen LogP contribution in [0.15, 0.2) is 30.3 Å². The molecule has 0 saturated heterocycles. The predicted octanol–water partition coefficient (Wildman–Crippen LogP) is 2.29. The van der Waals surface area contributed by atoms with Gasteiger partial charge in [0.15, 0.2) is 0 Å². The molecule has 0 saturated carbocycles. The molecule has 10 nitrogen and oxygen atoms in total. The third kappa shape index (κ3) is 12.3. The maximum Gasteiger partial charge on any atom is 0.422 e. The number of hydrogen-bond donors (Lipinski definition) is 2. The molecule has 2 N–H and O–H groups in total. The van der Waals surface area contributed by atoms with Crippen LogP contribution in [0.1, 0.15) is 46.1 Å². The molecule has 1 rings (SSSR count). The lowest BCUT2D eigenvalue weighted by molar-refractivity contribution is -0.148. The second-order valence-corrected chi connectivity index (χ2v) is 9.42. The molecule has 0 aliphatic carbocycles. The van der Waals surface area contributed by atoms with Gasteiger partial charge < -0.3 is 14.2 Å². The average Bonchev–Trinajstić information content (AvgIpc) is 2.72. The fourth-order valence-corrected chi connectivity index (χ4v) is 3.17. The SMILES string of the molecule is CC(C)COC(=O)CC[C@H](NS(=O)(=O)NC(=O)OCc1ccccc1)C(=O)OCC(C)C. The summed E-state index contributed by atoms with van der Waals surface area (Å²) in [6.45, 7) is 7.53. The van der Waals surface area contributed by atoms with Gasteiger partial charge in [0.25, 0.3) is 0 Å². The zero-order chi connectivity index (χ0) is 24.1. The molecule has 0 bridgehead atoms. The summed E-state index contributed by atoms with van der Waals surface area (Å²) < 4.78 is 43.4. The van der Waals surface area contributed by atoms with Crippen molar-refractivity contribution in [3.63, 3.8) is 0 Å². The van der Waals surface area contributed by atoms with E-state index in [9.17, 15) is 22.8 Å². The first kappa shape index (κ1) is 27.4. The Labute approximate surface area is 189 Å². The maximum absolute atomic E-state index is 12.4. The topological polar surface area (TPSA) is 137 Å². The van der Waals surface area contributed by atoms with Crippen molar-refractivity contribution in [1.82, 2.24) is 9.44 Å². The van der Waals surface area contributed by atoms with Crippen molar-refractivity contribution >= 4 is 28.2 Å². The molecule has 1 amide bonds. The lowest BCUT2D eigenvalue weighted by atomic mass is 10.1. The van der Waals surface area contributed by atoms with Crippen LogP contribution < -0.4 is 9.44 Å². The highest BCUT2D eigenvalue weighted by atomic mass is 32.2. The van der Waals surface area contributed by atoms with Gasteiger partial charge in [-0.25, -0.2) is 9.52 Å². The molecule has 0 heterocycles. The Balaban J connectivity index is 2.69. The van der Waals surface area contributed by atoms with Gasteiger partial charge in [-0.15, -0.1) is 0 Å². The van der Waals surface area contributed by atoms with Crippen molar-refractivity contribution in [1.29, 1.82) is 0 Å². The number of ether oxygens (including phenoxy) is 3. The molecule has 0 unspecified atom stereocenters. The third-order valence-corrected chi connectivity index (χ3v) is 4.82. The van der Waals surface area contributed by atoms with Gasteiger partial charge in [0.2, 0.25) is 0 Å². The minimum Gasteiger partial charge on any atom is -0.465 e. The van der Waals surface area contributed by atoms with E-state index in [1.807, 2.05) is 32.4 Å². The molecule has 1 aromatic carbocycles. The number of carbonyl (C=O) groups excluding carboxylic acids is 3. The number of carbonyl (C=O) groups is 3. The quantitative estimate of drug-likeness (QED) is 0.330. The van der Waals surface area contributed by atoms with Gasteiger partial charge in [-0.2, -0.15) is 13.1 Å². The Morgan fingerprint density at radius 2 is 1.50 bits per heavy atom. The van der Waals surface area contributed by atoms with Crippen LogP contribution >= 0.6 is 0 Å². The second-order valence-electron chi connectivity index (χ2n) is 7.98. The van der Waals surface area contributed by atoms with E-state index in [0.29, 0.717) is 5.56 Å². The average molecular weight is 473 g/mol. The summed E-state index contributed by atoms with van der Waals surface area (Å²) in [4.78, 5) is 36.1. The summed E-state index contributed by atoms with van der Waals surface area (Å²) in [6.07, 6.45) is -1.63. The van der Waals surface area contributed by atoms with E-state index in [1.165, 1.54) is 0 Å². The Hall–Kier alpha value is -2.66. The van der Waals surface area contributed by atoms with Crippen molar-refractivity contribution in [2.75, 3.05) is 13.2 Å². The molecule has 0 fully saturated rings. The number of rotatable bonds is 13. The monoisotopic (exact) mass is 472 g/mol. The van der Waals surface area contributed by atoms with Gasteiger partial charge in [-0.05, 0) is 23.8 Å². The first-order valence-corrected chi connectivity index (χ1v) is 11.8. The zero-order valence-electron chi connectivity index (χ0n) is 18.8. The van der Waals surface area contributed by atoms with Crippen molar-refractivity contribution in [2.24, 2.45) is 11.8 Å². The normalized spacial score (nSPS) is 12.3. The fraction of sp³-hybridized carbons (Fsp3) is 0.571. The van der Waals surface area contributed by atoms with Gasteiger partial charge in [0, 0.05) is 6.42 Å². The van der Waals surface area contributed by atoms with E-state index in [1.54, 1.807) is 35.1 Å². The Morgan fingerprint density at radius 1 is 0.906 bits per heavy atom. The molecular weight excluding hydrogens is 440 g/mol. The molecular formula is C21H32N2O8S. The zero-order valence-corrected chi connectivity index (χ0v) is 19.6. The Kier molecular flexibility index (Phi) is 11.7. The molecule has 0 aliphatic heterocycles. The molecule has 1 aromatic rings. The van der Waals surface area contributed by atoms with Crippen molar-refractivity contribution in [3.05, 3.63) is 35.9 Å². The minimum atomic E-state index is -4.47. The van der Waals surface area contributed by atoms with Gasteiger partial charge in [0.05, 0.1) is 13.2 Å². The van der Waals surface area contributed by atoms with Crippen LogP contribution in [0.4, 0.5) is 4.79 Å². The van der Waals surface area contributed by atoms with Gasteiger partial charge in [-0.3, -0.25) is 9.59 Å². The summed E-state index contributed by atoms with van der Waals surface area (Å²) in [6, 6.07) is 7.30. The molecule has 11 heteroatoms. The molecule has 0 spiro atoms. The van der Waals surface area contributed by atoms with Gasteiger partial charge in [0.1, 0.15) is 12.6 Å². The number of benzene rings is 1. The van der Waals surface area contributed by atoms with E-state index in [4.69, 9.17) is 14.2 Å². The van der Waals surface area contributed by atoms with Crippen LogP contribution in [0.3, 0.4) is 0 Å². The van der Waals surface area contributed by atoms with E-state index < -0.39 is 34.3 Å². The highest BCUT2D eigenvalue weighted by Crippen LogP contribution is 2.07. The predicted molar refractivity (Wildman–Crippen MR) is 116 cm³/mol. The smallest absolute Gasteiger partial charge is 0.422 e. The summed E-state index contributed by atoms with van der Waals surface area (Å²) in [5.41, 5.74) is 0.669. The van der Waals surface area contributed by atoms with E-state index >= 15 is 0 Å². The fourth-order valence-electron chi connectivity index (χ4n) is 2.25. The van der Waals surface area contributed by atoms with E-state index in [-0.39, 0.29) is 44.5 Å². The number of nitrogens with one attached hydrogen (secondary N) is 2. The van der Waals surface area contributed by atoms with Crippen LogP contribution in [0.25, 0.3) is 0 Å². The number of amides is 1. The molecule has 32 heavy (non-hydrogen) atoms. The third-order valence-electron chi connectivity index (χ3n) is 3.79. The maximum atomic E-state index is 12.4. The van der Waals surface area contributed by atoms with Crippen LogP contribution in [0, 0.1) is 11.8 Å². The molecule has 0 radical (unpaired) electrons. The van der Waals surface area contributed by atoms with Crippen LogP contribution in [0.2, 0.25) is 0 Å². The molecule has 0 aromatic heterocycles. The first-order valence-electron chi connectivity index (χ1n) is 10.3. The minimum absolute atomic E-state index is 0.0262. The van der Waals surface area contributed by atoms with Gasteiger partial charge in [-0.1, -0.05) is 58.0 Å². The van der Waals surface area contributed by atoms with Gasteiger partial charge >= 0.3 is 28.2 Å². The summed E-state index contributed by atoms with van der Waals surface area (Å²) in [5, 5.41) is 0. The molecule has 0 aliphatic rings. The highest BCUT2D eigenvalue weighted by molar-refractivity contribution is 7.88. The van der Waals surface area contributed by atoms with Crippen molar-refractivity contribution < 1.29 is 37.0 Å². The molecule has 1 atom stereocenters. The van der Waals surface area contributed by atoms with Crippen molar-refractivity contribution in [3.8, 4) is 0 Å². The Morgan fingerprint density at radius 3 is 2.09 bits per heavy atom. The van der Waals surface area contributed by atoms with E-state index in [0.717, 1.165) is 0 Å². The number of esters is 2. The first-order chi connectivity index (χ1) is 15.0. The van der Waals surface area contributed by atoms with Crippen molar-refractivity contribution in [2.45, 2.75) is 53.2 Å². The Bertz CT molecular complexity index is 841. The second kappa shape index (κ2) is 13.7. The van der Waals surface area contributed by atoms with Crippen LogP contribution in [-0.4, -0.2) is 45.7 Å². The summed E-state index contributed by atoms with van der Waals surface area (Å²) in [7, 11) is -4.47. The lowest BCUT2D eigenvalue weighted by Crippen LogP contribution is -2.49. The summed E-state index contributed by atoms with van der Waals surface area (Å²) >= 11 is 0. The molecule has 180 valence electrons. The lowest BCUT2D eigenvalue weighted by Gasteiger charge is -2.18. The highest BCUT2D eigenvalue weighted by Gasteiger charge is 2.28. The standard InChI is InChI=1S/C21H32N2O8S/c1-15(2)12-29-19(24)11-10-18(20(25)30-13-16(3)4)22-32(27,28)23-21(26)31-14-17-8-6-5-7-9-17/h5-9,15-16,18,22H,10-14H2,1-4H3,(H,23,26)/t18-/m0/s1. The number of hydrogen-bond acceptors (Lipinski definition) is 8. The largest absolute Gasteiger partial charge is 0.465 e. The summed E-state index contributed by atoms with van der Waals surface area (Å²) in [5.74, 6) is -1.28. The van der Waals surface area contributed by atoms with E-state index in [2.05, 4.69) is 0 Å².